The Morgan fingerprint density at radius 2 is 1.02 bits per heavy atom. The summed E-state index contributed by atoms with van der Waals surface area (Å²) in [4.78, 5) is 22.4. The highest BCUT2D eigenvalue weighted by Gasteiger charge is 2.25. The summed E-state index contributed by atoms with van der Waals surface area (Å²) in [5.74, 6) is -0.353. The van der Waals surface area contributed by atoms with Gasteiger partial charge in [0, 0.05) is 13.0 Å². The molecule has 0 aromatic rings. The Bertz CT molecular complexity index is 823. The summed E-state index contributed by atoms with van der Waals surface area (Å²) in [7, 11) is -4.29. The van der Waals surface area contributed by atoms with Crippen molar-refractivity contribution in [3.63, 3.8) is 0 Å². The summed E-state index contributed by atoms with van der Waals surface area (Å²) in [5.41, 5.74) is 5.36. The SMILES string of the molecule is CCCCCCCCC=CCCCCCCC=COCC(COP(=O)(O)OCCN)OC(=O)CCCCCCCCCCCCCCCCC. The van der Waals surface area contributed by atoms with Crippen LogP contribution in [0.3, 0.4) is 0 Å². The molecule has 3 N–H and O–H groups in total. The number of unbranched alkanes of at least 4 members (excludes halogenated alkanes) is 25. The summed E-state index contributed by atoms with van der Waals surface area (Å²) in [5, 5.41) is 0. The zero-order valence-corrected chi connectivity index (χ0v) is 33.5. The van der Waals surface area contributed by atoms with Crippen LogP contribution in [-0.4, -0.2) is 43.3 Å². The molecule has 2 atom stereocenters. The molecule has 9 heteroatoms. The van der Waals surface area contributed by atoms with Gasteiger partial charge in [-0.2, -0.15) is 0 Å². The van der Waals surface area contributed by atoms with E-state index in [2.05, 4.69) is 26.0 Å². The minimum Gasteiger partial charge on any atom is -0.498 e. The second-order valence-corrected chi connectivity index (χ2v) is 15.4. The van der Waals surface area contributed by atoms with Crippen molar-refractivity contribution in [3.05, 3.63) is 24.5 Å². The molecular weight excluding hydrogens is 649 g/mol. The fourth-order valence-corrected chi connectivity index (χ4v) is 6.60. The standard InChI is InChI=1S/C41H80NO7P/c1-3-5-7-9-11-13-15-17-19-21-23-25-27-29-31-33-36-46-38-40(39-48-50(44,45)47-37-35-42)49-41(43)34-32-30-28-26-24-22-20-18-16-14-12-10-8-6-4-2/h17,19,33,36,40H,3-16,18,20-32,34-35,37-39,42H2,1-2H3,(H,44,45). The van der Waals surface area contributed by atoms with Crippen molar-refractivity contribution in [3.8, 4) is 0 Å². The first-order valence-electron chi connectivity index (χ1n) is 20.9. The van der Waals surface area contributed by atoms with Gasteiger partial charge in [0.05, 0.1) is 19.5 Å². The van der Waals surface area contributed by atoms with E-state index >= 15 is 0 Å². The van der Waals surface area contributed by atoms with Crippen LogP contribution in [-0.2, 0) is 27.9 Å². The van der Waals surface area contributed by atoms with E-state index in [1.54, 1.807) is 6.26 Å². The summed E-state index contributed by atoms with van der Waals surface area (Å²) < 4.78 is 33.1. The van der Waals surface area contributed by atoms with Crippen LogP contribution in [0.5, 0.6) is 0 Å². The Balaban J connectivity index is 4.10. The monoisotopic (exact) mass is 730 g/mol. The smallest absolute Gasteiger partial charge is 0.472 e. The van der Waals surface area contributed by atoms with Gasteiger partial charge in [0.1, 0.15) is 6.61 Å². The van der Waals surface area contributed by atoms with Gasteiger partial charge in [-0.1, -0.05) is 161 Å². The van der Waals surface area contributed by atoms with E-state index < -0.39 is 13.9 Å². The van der Waals surface area contributed by atoms with Crippen LogP contribution in [0.15, 0.2) is 24.5 Å². The maximum Gasteiger partial charge on any atom is 0.472 e. The third-order valence-corrected chi connectivity index (χ3v) is 9.92. The van der Waals surface area contributed by atoms with Gasteiger partial charge in [-0.05, 0) is 51.0 Å². The van der Waals surface area contributed by atoms with Crippen LogP contribution in [0, 0.1) is 0 Å². The Hall–Kier alpha value is -1.18. The van der Waals surface area contributed by atoms with Gasteiger partial charge in [0.15, 0.2) is 6.10 Å². The molecule has 0 saturated heterocycles. The van der Waals surface area contributed by atoms with Gasteiger partial charge in [0.2, 0.25) is 0 Å². The molecule has 0 aliphatic carbocycles. The molecular formula is C41H80NO7P. The maximum atomic E-state index is 12.5. The molecule has 0 heterocycles. The fraction of sp³-hybridized carbons (Fsp3) is 0.878. The Morgan fingerprint density at radius 3 is 1.48 bits per heavy atom. The van der Waals surface area contributed by atoms with Gasteiger partial charge in [0.25, 0.3) is 0 Å². The lowest BCUT2D eigenvalue weighted by Crippen LogP contribution is -2.27. The van der Waals surface area contributed by atoms with Crippen LogP contribution >= 0.6 is 7.82 Å². The normalized spacial score (nSPS) is 13.7. The highest BCUT2D eigenvalue weighted by Crippen LogP contribution is 2.43. The Labute approximate surface area is 308 Å². The Morgan fingerprint density at radius 1 is 0.600 bits per heavy atom. The fourth-order valence-electron chi connectivity index (χ4n) is 5.84. The van der Waals surface area contributed by atoms with Crippen molar-refractivity contribution in [1.82, 2.24) is 0 Å². The van der Waals surface area contributed by atoms with Crippen LogP contribution in [0.1, 0.15) is 200 Å². The van der Waals surface area contributed by atoms with Crippen LogP contribution in [0.4, 0.5) is 0 Å². The number of hydrogen-bond donors (Lipinski definition) is 2. The molecule has 0 aromatic heterocycles. The minimum atomic E-state index is -4.29. The van der Waals surface area contributed by atoms with Crippen molar-refractivity contribution >= 4 is 13.8 Å². The van der Waals surface area contributed by atoms with Crippen LogP contribution < -0.4 is 5.73 Å². The second kappa shape index (κ2) is 39.0. The number of nitrogens with two attached hydrogens (primary N) is 1. The van der Waals surface area contributed by atoms with E-state index in [0.717, 1.165) is 38.5 Å². The number of phosphoric acid groups is 1. The van der Waals surface area contributed by atoms with E-state index in [4.69, 9.17) is 24.3 Å². The highest BCUT2D eigenvalue weighted by molar-refractivity contribution is 7.47. The molecule has 2 unspecified atom stereocenters. The van der Waals surface area contributed by atoms with Gasteiger partial charge in [-0.25, -0.2) is 4.57 Å². The molecule has 0 radical (unpaired) electrons. The lowest BCUT2D eigenvalue weighted by molar-refractivity contribution is -0.153. The molecule has 0 spiro atoms. The Kier molecular flexibility index (Phi) is 38.1. The van der Waals surface area contributed by atoms with Crippen molar-refractivity contribution in [1.29, 1.82) is 0 Å². The number of hydrogen-bond acceptors (Lipinski definition) is 7. The van der Waals surface area contributed by atoms with Gasteiger partial charge < -0.3 is 20.1 Å². The van der Waals surface area contributed by atoms with E-state index in [1.165, 1.54) is 141 Å². The van der Waals surface area contributed by atoms with Gasteiger partial charge >= 0.3 is 13.8 Å². The molecule has 0 saturated carbocycles. The van der Waals surface area contributed by atoms with E-state index in [9.17, 15) is 14.3 Å². The van der Waals surface area contributed by atoms with Crippen molar-refractivity contribution in [2.75, 3.05) is 26.4 Å². The van der Waals surface area contributed by atoms with Crippen LogP contribution in [0.2, 0.25) is 0 Å². The minimum absolute atomic E-state index is 0.0308. The number of phosphoric ester groups is 1. The zero-order valence-electron chi connectivity index (χ0n) is 32.6. The highest BCUT2D eigenvalue weighted by atomic mass is 31.2. The topological polar surface area (TPSA) is 117 Å². The summed E-state index contributed by atoms with van der Waals surface area (Å²) in [6.45, 7) is 4.24. The molecule has 50 heavy (non-hydrogen) atoms. The van der Waals surface area contributed by atoms with Gasteiger partial charge in [-0.15, -0.1) is 0 Å². The number of allylic oxidation sites excluding steroid dienone is 3. The first-order chi connectivity index (χ1) is 24.4. The van der Waals surface area contributed by atoms with Crippen molar-refractivity contribution in [2.45, 2.75) is 206 Å². The molecule has 0 aliphatic heterocycles. The lowest BCUT2D eigenvalue weighted by Gasteiger charge is -2.19. The first kappa shape index (κ1) is 48.8. The van der Waals surface area contributed by atoms with Crippen LogP contribution in [0.25, 0.3) is 0 Å². The molecule has 0 fully saturated rings. The average Bonchev–Trinajstić information content (AvgIpc) is 3.10. The number of esters is 1. The summed E-state index contributed by atoms with van der Waals surface area (Å²) in [6.07, 6.45) is 42.8. The third-order valence-electron chi connectivity index (χ3n) is 8.94. The second-order valence-electron chi connectivity index (χ2n) is 13.9. The molecule has 0 bridgehead atoms. The molecule has 296 valence electrons. The average molecular weight is 730 g/mol. The number of carbonyl (C=O) groups is 1. The zero-order chi connectivity index (χ0) is 36.6. The predicted molar refractivity (Wildman–Crippen MR) is 210 cm³/mol. The molecule has 0 aromatic carbocycles. The van der Waals surface area contributed by atoms with Crippen molar-refractivity contribution in [2.24, 2.45) is 5.73 Å². The maximum absolute atomic E-state index is 12.5. The first-order valence-corrected chi connectivity index (χ1v) is 22.4. The molecule has 0 amide bonds. The number of rotatable bonds is 40. The van der Waals surface area contributed by atoms with Crippen molar-refractivity contribution < 1.29 is 32.8 Å². The van der Waals surface area contributed by atoms with E-state index in [-0.39, 0.29) is 32.3 Å². The third kappa shape index (κ3) is 38.1. The molecule has 0 aliphatic rings. The van der Waals surface area contributed by atoms with Gasteiger partial charge in [-0.3, -0.25) is 13.8 Å². The predicted octanol–water partition coefficient (Wildman–Crippen LogP) is 12.4. The quantitative estimate of drug-likeness (QED) is 0.0210. The molecule has 8 nitrogen and oxygen atoms in total. The number of ether oxygens (including phenoxy) is 2. The van der Waals surface area contributed by atoms with E-state index in [0.29, 0.717) is 6.42 Å². The summed E-state index contributed by atoms with van der Waals surface area (Å²) >= 11 is 0. The lowest BCUT2D eigenvalue weighted by atomic mass is 10.0. The number of carbonyl (C=O) groups excluding carboxylic acids is 1. The molecule has 0 rings (SSSR count). The summed E-state index contributed by atoms with van der Waals surface area (Å²) in [6, 6.07) is 0. The largest absolute Gasteiger partial charge is 0.498 e. The van der Waals surface area contributed by atoms with E-state index in [1.807, 2.05) is 6.08 Å².